The molecule has 0 aromatic heterocycles. The molecule has 3 saturated heterocycles. The summed E-state index contributed by atoms with van der Waals surface area (Å²) in [6, 6.07) is -1.45. The monoisotopic (exact) mass is 361 g/mol. The van der Waals surface area contributed by atoms with Crippen LogP contribution >= 0.6 is 0 Å². The highest BCUT2D eigenvalue weighted by atomic mass is 32.2. The second kappa shape index (κ2) is 7.31. The van der Waals surface area contributed by atoms with E-state index in [-0.39, 0.29) is 18.6 Å². The number of nitrogens with zero attached hydrogens (tertiary/aromatic N) is 2. The quantitative estimate of drug-likeness (QED) is 0.461. The number of hydrogen-bond acceptors (Lipinski definition) is 7. The average molecular weight is 361 g/mol. The lowest BCUT2D eigenvalue weighted by molar-refractivity contribution is -0.139. The number of carbonyl (C=O) groups excluding carboxylic acids is 2. The summed E-state index contributed by atoms with van der Waals surface area (Å²) in [7, 11) is 0. The first-order valence-electron chi connectivity index (χ1n) is 7.98. The van der Waals surface area contributed by atoms with Gasteiger partial charge in [0.05, 0.1) is 12.6 Å². The maximum atomic E-state index is 12.3. The van der Waals surface area contributed by atoms with Crippen molar-refractivity contribution in [3.8, 4) is 0 Å². The van der Waals surface area contributed by atoms with Gasteiger partial charge in [-0.05, 0) is 31.7 Å². The van der Waals surface area contributed by atoms with E-state index in [1.807, 2.05) is 0 Å². The molecule has 10 nitrogen and oxygen atoms in total. The van der Waals surface area contributed by atoms with Gasteiger partial charge in [-0.1, -0.05) is 6.92 Å². The zero-order valence-electron chi connectivity index (χ0n) is 13.3. The van der Waals surface area contributed by atoms with Crippen molar-refractivity contribution in [3.05, 3.63) is 0 Å². The Morgan fingerprint density at radius 1 is 1.50 bits per heavy atom. The van der Waals surface area contributed by atoms with Crippen LogP contribution in [0, 0.1) is 5.92 Å². The second-order valence-corrected chi connectivity index (χ2v) is 7.07. The summed E-state index contributed by atoms with van der Waals surface area (Å²) in [5.74, 6) is 0.183. The van der Waals surface area contributed by atoms with Crippen molar-refractivity contribution in [1.29, 1.82) is 0 Å². The van der Waals surface area contributed by atoms with Crippen LogP contribution in [-0.2, 0) is 25.3 Å². The fraction of sp³-hybridized carbons (Fsp3) is 0.846. The van der Waals surface area contributed by atoms with Crippen molar-refractivity contribution in [3.63, 3.8) is 0 Å². The first-order valence-corrected chi connectivity index (χ1v) is 8.98. The van der Waals surface area contributed by atoms with Crippen molar-refractivity contribution in [2.75, 3.05) is 19.7 Å². The molecule has 0 aliphatic carbocycles. The third kappa shape index (κ3) is 3.70. The molecule has 3 aliphatic rings. The maximum absolute atomic E-state index is 12.3. The van der Waals surface area contributed by atoms with Gasteiger partial charge in [-0.15, -0.1) is 0 Å². The minimum atomic E-state index is -2.82. The minimum Gasteiger partial charge on any atom is -0.748 e. The summed E-state index contributed by atoms with van der Waals surface area (Å²) in [6.07, 6.45) is 1.90. The second-order valence-electron chi connectivity index (χ2n) is 6.51. The molecule has 0 radical (unpaired) electrons. The number of nitrogens with one attached hydrogen (secondary N) is 2. The van der Waals surface area contributed by atoms with Crippen molar-refractivity contribution in [1.82, 2.24) is 20.8 Å². The molecule has 0 spiro atoms. The lowest BCUT2D eigenvalue weighted by Crippen LogP contribution is -2.50. The molecule has 3 fully saturated rings. The predicted molar refractivity (Wildman–Crippen MR) is 80.4 cm³/mol. The van der Waals surface area contributed by atoms with E-state index >= 15 is 0 Å². The van der Waals surface area contributed by atoms with Crippen LogP contribution in [0.2, 0.25) is 0 Å². The Kier molecular flexibility index (Phi) is 5.35. The van der Waals surface area contributed by atoms with Gasteiger partial charge in [0.1, 0.15) is 17.4 Å². The number of fused-ring (bicyclic) bond motifs is 2. The van der Waals surface area contributed by atoms with Crippen LogP contribution in [0.3, 0.4) is 0 Å². The SMILES string of the molecule is C[C@H]1CN[C@@H](CONC(=O)C2CCC3CN2C(=O)N3OS(=O)[O-])C1. The molecule has 3 aliphatic heterocycles. The Hall–Kier alpha value is -1.27. The van der Waals surface area contributed by atoms with Gasteiger partial charge >= 0.3 is 6.03 Å². The summed E-state index contributed by atoms with van der Waals surface area (Å²) >= 11 is -2.82. The summed E-state index contributed by atoms with van der Waals surface area (Å²) in [5, 5.41) is 4.12. The first kappa shape index (κ1) is 17.5. The Morgan fingerprint density at radius 2 is 2.29 bits per heavy atom. The fourth-order valence-corrected chi connectivity index (χ4v) is 3.81. The molecule has 24 heavy (non-hydrogen) atoms. The Labute approximate surface area is 142 Å². The number of piperidine rings is 1. The van der Waals surface area contributed by atoms with E-state index in [0.29, 0.717) is 25.4 Å². The normalized spacial score (nSPS) is 33.8. The van der Waals surface area contributed by atoms with E-state index in [1.165, 1.54) is 4.90 Å². The molecule has 11 heteroatoms. The smallest absolute Gasteiger partial charge is 0.346 e. The van der Waals surface area contributed by atoms with Crippen LogP contribution in [0.15, 0.2) is 0 Å². The van der Waals surface area contributed by atoms with Crippen LogP contribution in [0.4, 0.5) is 4.79 Å². The van der Waals surface area contributed by atoms with Crippen molar-refractivity contribution in [2.24, 2.45) is 5.92 Å². The van der Waals surface area contributed by atoms with Crippen LogP contribution in [0.5, 0.6) is 0 Å². The molecular weight excluding hydrogens is 340 g/mol. The molecule has 5 atom stereocenters. The van der Waals surface area contributed by atoms with E-state index in [4.69, 9.17) is 4.84 Å². The number of hydroxylamine groups is 3. The standard InChI is InChI=1S/C13H22N4O6S/c1-8-4-9(14-5-8)7-22-15-12(18)11-3-2-10-6-16(11)13(19)17(10)23-24(20)21/h8-11,14H,2-7H2,1H3,(H,15,18)(H,20,21)/p-1/t8-,9-,10?,11?/m1/s1. The fourth-order valence-electron chi connectivity index (χ4n) is 3.50. The van der Waals surface area contributed by atoms with E-state index in [9.17, 15) is 18.4 Å². The highest BCUT2D eigenvalue weighted by Gasteiger charge is 2.48. The van der Waals surface area contributed by atoms with Gasteiger partial charge < -0.3 is 14.8 Å². The number of carbonyl (C=O) groups is 2. The van der Waals surface area contributed by atoms with E-state index in [1.54, 1.807) is 0 Å². The van der Waals surface area contributed by atoms with E-state index in [0.717, 1.165) is 18.0 Å². The summed E-state index contributed by atoms with van der Waals surface area (Å²) < 4.78 is 25.8. The lowest BCUT2D eigenvalue weighted by Gasteiger charge is -2.29. The summed E-state index contributed by atoms with van der Waals surface area (Å²) in [6.45, 7) is 3.70. The maximum Gasteiger partial charge on any atom is 0.346 e. The van der Waals surface area contributed by atoms with Crippen molar-refractivity contribution < 1.29 is 27.5 Å². The molecule has 0 aromatic carbocycles. The zero-order chi connectivity index (χ0) is 17.3. The number of amides is 3. The Morgan fingerprint density at radius 3 is 2.96 bits per heavy atom. The molecule has 0 saturated carbocycles. The zero-order valence-corrected chi connectivity index (χ0v) is 14.1. The van der Waals surface area contributed by atoms with Gasteiger partial charge in [0.2, 0.25) is 0 Å². The Bertz CT molecular complexity index is 535. The molecule has 0 aromatic rings. The third-order valence-electron chi connectivity index (χ3n) is 4.67. The molecule has 3 amide bonds. The summed E-state index contributed by atoms with van der Waals surface area (Å²) in [4.78, 5) is 31.0. The molecule has 3 unspecified atom stereocenters. The Balaban J connectivity index is 1.49. The molecule has 136 valence electrons. The van der Waals surface area contributed by atoms with Gasteiger partial charge in [0, 0.05) is 12.6 Å². The van der Waals surface area contributed by atoms with E-state index in [2.05, 4.69) is 22.0 Å². The van der Waals surface area contributed by atoms with Crippen LogP contribution in [-0.4, -0.2) is 68.5 Å². The van der Waals surface area contributed by atoms with Gasteiger partial charge in [-0.2, -0.15) is 9.35 Å². The minimum absolute atomic E-state index is 0.209. The molecule has 2 N–H and O–H groups in total. The first-order chi connectivity index (χ1) is 11.5. The topological polar surface area (TPSA) is 123 Å². The third-order valence-corrected chi connectivity index (χ3v) is 4.95. The largest absolute Gasteiger partial charge is 0.748 e. The average Bonchev–Trinajstić information content (AvgIpc) is 3.05. The number of urea groups is 1. The van der Waals surface area contributed by atoms with Gasteiger partial charge in [-0.25, -0.2) is 14.5 Å². The van der Waals surface area contributed by atoms with Crippen LogP contribution in [0.1, 0.15) is 26.2 Å². The van der Waals surface area contributed by atoms with Gasteiger partial charge in [0.25, 0.3) is 5.91 Å². The van der Waals surface area contributed by atoms with Crippen molar-refractivity contribution in [2.45, 2.75) is 44.3 Å². The van der Waals surface area contributed by atoms with Gasteiger partial charge in [0.15, 0.2) is 0 Å². The molecule has 3 heterocycles. The van der Waals surface area contributed by atoms with Gasteiger partial charge in [-0.3, -0.25) is 9.63 Å². The summed E-state index contributed by atoms with van der Waals surface area (Å²) in [5.41, 5.74) is 2.40. The lowest BCUT2D eigenvalue weighted by atomic mass is 10.0. The number of rotatable bonds is 6. The highest BCUT2D eigenvalue weighted by Crippen LogP contribution is 2.30. The van der Waals surface area contributed by atoms with Crippen LogP contribution < -0.4 is 10.8 Å². The predicted octanol–water partition coefficient (Wildman–Crippen LogP) is -0.973. The molecule has 2 bridgehead atoms. The van der Waals surface area contributed by atoms with E-state index < -0.39 is 29.3 Å². The highest BCUT2D eigenvalue weighted by molar-refractivity contribution is 7.74. The van der Waals surface area contributed by atoms with Crippen LogP contribution in [0.25, 0.3) is 0 Å². The molecule has 3 rings (SSSR count). The molecular formula is C13H21N4O6S-. The van der Waals surface area contributed by atoms with Crippen molar-refractivity contribution >= 4 is 23.3 Å². The number of hydrogen-bond donors (Lipinski definition) is 2.